The van der Waals surface area contributed by atoms with Gasteiger partial charge in [-0.3, -0.25) is 15.0 Å². The second-order valence-corrected chi connectivity index (χ2v) is 5.98. The summed E-state index contributed by atoms with van der Waals surface area (Å²) in [6.45, 7) is 6.20. The Balaban J connectivity index is 1.50. The van der Waals surface area contributed by atoms with Crippen LogP contribution in [-0.2, 0) is 9.53 Å². The van der Waals surface area contributed by atoms with Gasteiger partial charge in [0.05, 0.1) is 24.4 Å². The maximum Gasteiger partial charge on any atom is 0.243 e. The second kappa shape index (κ2) is 8.04. The standard InChI is InChI=1S/C16H22N6O3/c1-11-8-15(25-21-11)19-16(23)12(2)22-6-7-24-13(10-22)9-17-14-4-3-5-18-20-14/h3-5,8,12-13H,6-7,9-10H2,1-2H3,(H,17,20)(H,19,23)/t12-,13+/m1/s1. The molecule has 1 aliphatic heterocycles. The van der Waals surface area contributed by atoms with Gasteiger partial charge in [-0.25, -0.2) is 0 Å². The molecule has 1 saturated heterocycles. The molecule has 2 N–H and O–H groups in total. The van der Waals surface area contributed by atoms with Crippen LogP contribution in [0.5, 0.6) is 0 Å². The van der Waals surface area contributed by atoms with Crippen molar-refractivity contribution in [3.8, 4) is 0 Å². The maximum absolute atomic E-state index is 12.4. The van der Waals surface area contributed by atoms with Gasteiger partial charge in [-0.1, -0.05) is 5.16 Å². The van der Waals surface area contributed by atoms with Gasteiger partial charge in [0.25, 0.3) is 0 Å². The van der Waals surface area contributed by atoms with Gasteiger partial charge >= 0.3 is 0 Å². The Hall–Kier alpha value is -2.52. The Morgan fingerprint density at radius 2 is 2.40 bits per heavy atom. The maximum atomic E-state index is 12.4. The van der Waals surface area contributed by atoms with Crippen molar-refractivity contribution in [3.63, 3.8) is 0 Å². The number of rotatable bonds is 6. The molecule has 0 aliphatic carbocycles. The van der Waals surface area contributed by atoms with Crippen LogP contribution < -0.4 is 10.6 Å². The van der Waals surface area contributed by atoms with Gasteiger partial charge in [-0.05, 0) is 26.0 Å². The van der Waals surface area contributed by atoms with E-state index in [1.54, 1.807) is 19.2 Å². The Morgan fingerprint density at radius 1 is 1.52 bits per heavy atom. The van der Waals surface area contributed by atoms with Gasteiger partial charge in [0.1, 0.15) is 5.82 Å². The van der Waals surface area contributed by atoms with E-state index in [2.05, 4.69) is 30.9 Å². The summed E-state index contributed by atoms with van der Waals surface area (Å²) in [5.41, 5.74) is 0.726. The van der Waals surface area contributed by atoms with Crippen LogP contribution in [0.25, 0.3) is 0 Å². The molecule has 9 heteroatoms. The van der Waals surface area contributed by atoms with Crippen molar-refractivity contribution < 1.29 is 14.1 Å². The Morgan fingerprint density at radius 3 is 3.12 bits per heavy atom. The van der Waals surface area contributed by atoms with E-state index in [1.165, 1.54) is 0 Å². The Labute approximate surface area is 145 Å². The first kappa shape index (κ1) is 17.3. The lowest BCUT2D eigenvalue weighted by Crippen LogP contribution is -2.52. The molecule has 9 nitrogen and oxygen atoms in total. The van der Waals surface area contributed by atoms with Crippen LogP contribution in [0.15, 0.2) is 28.9 Å². The van der Waals surface area contributed by atoms with E-state index in [0.717, 1.165) is 5.69 Å². The quantitative estimate of drug-likeness (QED) is 0.795. The highest BCUT2D eigenvalue weighted by molar-refractivity contribution is 5.93. The topological polar surface area (TPSA) is 105 Å². The normalized spacial score (nSPS) is 19.4. The number of hydrogen-bond acceptors (Lipinski definition) is 8. The number of carbonyl (C=O) groups is 1. The molecule has 1 aliphatic rings. The number of nitrogens with zero attached hydrogens (tertiary/aromatic N) is 4. The van der Waals surface area contributed by atoms with E-state index in [4.69, 9.17) is 9.26 Å². The zero-order chi connectivity index (χ0) is 17.6. The summed E-state index contributed by atoms with van der Waals surface area (Å²) >= 11 is 0. The third-order valence-electron chi connectivity index (χ3n) is 4.05. The summed E-state index contributed by atoms with van der Waals surface area (Å²) < 4.78 is 10.8. The Bertz CT molecular complexity index is 692. The lowest BCUT2D eigenvalue weighted by atomic mass is 10.2. The van der Waals surface area contributed by atoms with Crippen molar-refractivity contribution in [2.24, 2.45) is 0 Å². The molecule has 0 saturated carbocycles. The molecule has 25 heavy (non-hydrogen) atoms. The monoisotopic (exact) mass is 346 g/mol. The number of ether oxygens (including phenoxy) is 1. The average molecular weight is 346 g/mol. The second-order valence-electron chi connectivity index (χ2n) is 5.98. The SMILES string of the molecule is Cc1cc(NC(=O)[C@@H](C)N2CCO[C@@H](CNc3cccnn3)C2)on1. The van der Waals surface area contributed by atoms with Gasteiger partial charge in [0.15, 0.2) is 0 Å². The van der Waals surface area contributed by atoms with E-state index >= 15 is 0 Å². The van der Waals surface area contributed by atoms with Gasteiger partial charge in [0.2, 0.25) is 11.8 Å². The lowest BCUT2D eigenvalue weighted by molar-refractivity contribution is -0.123. The molecule has 1 amide bonds. The van der Waals surface area contributed by atoms with Crippen LogP contribution in [0, 0.1) is 6.92 Å². The lowest BCUT2D eigenvalue weighted by Gasteiger charge is -2.36. The Kier molecular flexibility index (Phi) is 5.56. The number of aryl methyl sites for hydroxylation is 1. The van der Waals surface area contributed by atoms with Crippen molar-refractivity contribution in [1.29, 1.82) is 0 Å². The molecule has 0 radical (unpaired) electrons. The van der Waals surface area contributed by atoms with Gasteiger partial charge in [0, 0.05) is 31.9 Å². The first-order chi connectivity index (χ1) is 12.1. The molecule has 0 unspecified atom stereocenters. The third-order valence-corrected chi connectivity index (χ3v) is 4.05. The minimum atomic E-state index is -0.298. The number of nitrogens with one attached hydrogen (secondary N) is 2. The summed E-state index contributed by atoms with van der Waals surface area (Å²) in [7, 11) is 0. The van der Waals surface area contributed by atoms with E-state index in [9.17, 15) is 4.79 Å². The highest BCUT2D eigenvalue weighted by Crippen LogP contribution is 2.13. The first-order valence-electron chi connectivity index (χ1n) is 8.23. The van der Waals surface area contributed by atoms with Crippen molar-refractivity contribution in [1.82, 2.24) is 20.3 Å². The minimum absolute atomic E-state index is 0.0291. The molecule has 0 aromatic carbocycles. The minimum Gasteiger partial charge on any atom is -0.374 e. The number of hydrogen-bond donors (Lipinski definition) is 2. The van der Waals surface area contributed by atoms with E-state index in [0.29, 0.717) is 37.9 Å². The molecule has 2 aromatic heterocycles. The van der Waals surface area contributed by atoms with Crippen LogP contribution in [0.4, 0.5) is 11.7 Å². The van der Waals surface area contributed by atoms with Gasteiger partial charge < -0.3 is 14.6 Å². The van der Waals surface area contributed by atoms with Crippen LogP contribution in [-0.4, -0.2) is 64.5 Å². The summed E-state index contributed by atoms with van der Waals surface area (Å²) in [4.78, 5) is 14.5. The molecule has 2 aromatic rings. The highest BCUT2D eigenvalue weighted by Gasteiger charge is 2.28. The molecular formula is C16H22N6O3. The van der Waals surface area contributed by atoms with Crippen LogP contribution in [0.3, 0.4) is 0 Å². The van der Waals surface area contributed by atoms with Crippen molar-refractivity contribution >= 4 is 17.6 Å². The fourth-order valence-corrected chi connectivity index (χ4v) is 2.65. The molecule has 1 fully saturated rings. The van der Waals surface area contributed by atoms with Crippen LogP contribution >= 0.6 is 0 Å². The van der Waals surface area contributed by atoms with E-state index in [1.807, 2.05) is 19.1 Å². The molecule has 3 rings (SSSR count). The first-order valence-corrected chi connectivity index (χ1v) is 8.23. The molecule has 0 bridgehead atoms. The number of morpholine rings is 1. The smallest absolute Gasteiger partial charge is 0.243 e. The van der Waals surface area contributed by atoms with Crippen molar-refractivity contribution in [2.75, 3.05) is 36.9 Å². The van der Waals surface area contributed by atoms with Gasteiger partial charge in [-0.15, -0.1) is 5.10 Å². The number of amides is 1. The van der Waals surface area contributed by atoms with Crippen LogP contribution in [0.1, 0.15) is 12.6 Å². The zero-order valence-corrected chi connectivity index (χ0v) is 14.3. The molecule has 134 valence electrons. The number of carbonyl (C=O) groups excluding carboxylic acids is 1. The molecule has 0 spiro atoms. The molecule has 2 atom stereocenters. The summed E-state index contributed by atoms with van der Waals surface area (Å²) in [5, 5.41) is 17.5. The molecule has 3 heterocycles. The largest absolute Gasteiger partial charge is 0.374 e. The van der Waals surface area contributed by atoms with E-state index in [-0.39, 0.29) is 18.1 Å². The number of anilines is 2. The molecular weight excluding hydrogens is 324 g/mol. The fourth-order valence-electron chi connectivity index (χ4n) is 2.65. The summed E-state index contributed by atoms with van der Waals surface area (Å²) in [6.07, 6.45) is 1.60. The third kappa shape index (κ3) is 4.74. The summed E-state index contributed by atoms with van der Waals surface area (Å²) in [5.74, 6) is 0.942. The highest BCUT2D eigenvalue weighted by atomic mass is 16.5. The van der Waals surface area contributed by atoms with Crippen molar-refractivity contribution in [3.05, 3.63) is 30.1 Å². The van der Waals surface area contributed by atoms with Crippen LogP contribution in [0.2, 0.25) is 0 Å². The average Bonchev–Trinajstić information content (AvgIpc) is 3.05. The van der Waals surface area contributed by atoms with Crippen molar-refractivity contribution in [2.45, 2.75) is 26.0 Å². The summed E-state index contributed by atoms with van der Waals surface area (Å²) in [6, 6.07) is 5.06. The predicted octanol–water partition coefficient (Wildman–Crippen LogP) is 0.913. The zero-order valence-electron chi connectivity index (χ0n) is 14.3. The fraction of sp³-hybridized carbons (Fsp3) is 0.500. The van der Waals surface area contributed by atoms with Gasteiger partial charge in [-0.2, -0.15) is 5.10 Å². The van der Waals surface area contributed by atoms with E-state index < -0.39 is 0 Å². The number of aromatic nitrogens is 3. The predicted molar refractivity (Wildman–Crippen MR) is 91.2 cm³/mol.